The summed E-state index contributed by atoms with van der Waals surface area (Å²) >= 11 is 0. The Kier molecular flexibility index (Phi) is 2.21. The highest BCUT2D eigenvalue weighted by molar-refractivity contribution is 5.93. The van der Waals surface area contributed by atoms with Gasteiger partial charge in [0.2, 0.25) is 5.91 Å². The summed E-state index contributed by atoms with van der Waals surface area (Å²) in [4.78, 5) is 15.8. The summed E-state index contributed by atoms with van der Waals surface area (Å²) in [5.41, 5.74) is 3.20. The molecule has 19 heavy (non-hydrogen) atoms. The number of nitrogens with zero attached hydrogens (tertiary/aromatic N) is 3. The predicted octanol–water partition coefficient (Wildman–Crippen LogP) is 2.16. The third-order valence-electron chi connectivity index (χ3n) is 3.72. The van der Waals surface area contributed by atoms with Gasteiger partial charge in [-0.25, -0.2) is 4.68 Å². The van der Waals surface area contributed by atoms with Crippen LogP contribution >= 0.6 is 0 Å². The number of rotatable bonds is 2. The van der Waals surface area contributed by atoms with Crippen molar-refractivity contribution in [1.82, 2.24) is 14.8 Å². The number of amides is 1. The Bertz CT molecular complexity index is 643. The smallest absolute Gasteiger partial charge is 0.227 e. The fourth-order valence-electron chi connectivity index (χ4n) is 2.65. The molecule has 1 aliphatic carbocycles. The fourth-order valence-corrected chi connectivity index (χ4v) is 2.65. The van der Waals surface area contributed by atoms with E-state index in [1.165, 1.54) is 18.4 Å². The molecule has 1 aliphatic heterocycles. The van der Waals surface area contributed by atoms with Crippen molar-refractivity contribution in [2.45, 2.75) is 31.7 Å². The van der Waals surface area contributed by atoms with E-state index in [4.69, 9.17) is 0 Å². The molecule has 1 N–H and O–H groups in total. The second-order valence-corrected chi connectivity index (χ2v) is 5.15. The normalized spacial score (nSPS) is 18.0. The summed E-state index contributed by atoms with van der Waals surface area (Å²) in [6.07, 6.45) is 6.47. The van der Waals surface area contributed by atoms with Crippen LogP contribution in [-0.4, -0.2) is 20.7 Å². The maximum absolute atomic E-state index is 11.6. The van der Waals surface area contributed by atoms with Crippen molar-refractivity contribution in [2.75, 3.05) is 5.32 Å². The van der Waals surface area contributed by atoms with E-state index in [0.29, 0.717) is 18.9 Å². The molecule has 5 nitrogen and oxygen atoms in total. The maximum atomic E-state index is 11.6. The minimum absolute atomic E-state index is 0.0898. The first-order valence-corrected chi connectivity index (χ1v) is 6.64. The number of carbonyl (C=O) groups excluding carboxylic acids is 1. The van der Waals surface area contributed by atoms with E-state index in [-0.39, 0.29) is 5.91 Å². The van der Waals surface area contributed by atoms with Gasteiger partial charge < -0.3 is 5.32 Å². The maximum Gasteiger partial charge on any atom is 0.227 e. The van der Waals surface area contributed by atoms with Crippen LogP contribution in [0, 0.1) is 0 Å². The van der Waals surface area contributed by atoms with Gasteiger partial charge in [-0.2, -0.15) is 5.10 Å². The minimum Gasteiger partial charge on any atom is -0.311 e. The molecule has 2 aromatic heterocycles. The van der Waals surface area contributed by atoms with E-state index in [2.05, 4.69) is 15.4 Å². The molecule has 0 atom stereocenters. The molecule has 4 rings (SSSR count). The van der Waals surface area contributed by atoms with Gasteiger partial charge in [0.05, 0.1) is 12.2 Å². The lowest BCUT2D eigenvalue weighted by atomic mass is 10.1. The summed E-state index contributed by atoms with van der Waals surface area (Å²) in [5.74, 6) is 1.53. The lowest BCUT2D eigenvalue weighted by Crippen LogP contribution is -2.24. The van der Waals surface area contributed by atoms with Gasteiger partial charge in [-0.3, -0.25) is 9.78 Å². The van der Waals surface area contributed by atoms with Crippen molar-refractivity contribution >= 4 is 11.7 Å². The molecule has 2 aromatic rings. The van der Waals surface area contributed by atoms with Crippen molar-refractivity contribution < 1.29 is 4.79 Å². The number of hydrogen-bond donors (Lipinski definition) is 1. The lowest BCUT2D eigenvalue weighted by molar-refractivity contribution is -0.116. The van der Waals surface area contributed by atoms with E-state index in [1.54, 1.807) is 6.20 Å². The first kappa shape index (κ1) is 10.7. The van der Waals surface area contributed by atoms with Crippen molar-refractivity contribution in [1.29, 1.82) is 0 Å². The molecule has 0 spiro atoms. The van der Waals surface area contributed by atoms with Gasteiger partial charge in [-0.15, -0.1) is 0 Å². The molecule has 1 saturated carbocycles. The summed E-state index contributed by atoms with van der Waals surface area (Å²) in [7, 11) is 0. The Morgan fingerprint density at radius 1 is 1.37 bits per heavy atom. The SMILES string of the molecule is O=C1CCn2nc(-c3cccnc3)c(C3CC3)c2N1. The molecule has 0 saturated heterocycles. The lowest BCUT2D eigenvalue weighted by Gasteiger charge is -2.15. The fraction of sp³-hybridized carbons (Fsp3) is 0.357. The van der Waals surface area contributed by atoms with E-state index in [0.717, 1.165) is 17.1 Å². The van der Waals surface area contributed by atoms with Crippen LogP contribution < -0.4 is 5.32 Å². The van der Waals surface area contributed by atoms with Gasteiger partial charge in [0.1, 0.15) is 5.82 Å². The first-order valence-electron chi connectivity index (χ1n) is 6.64. The zero-order chi connectivity index (χ0) is 12.8. The Hall–Kier alpha value is -2.17. The van der Waals surface area contributed by atoms with E-state index >= 15 is 0 Å². The number of carbonyl (C=O) groups is 1. The van der Waals surface area contributed by atoms with Crippen molar-refractivity contribution in [3.63, 3.8) is 0 Å². The monoisotopic (exact) mass is 254 g/mol. The van der Waals surface area contributed by atoms with Crippen molar-refractivity contribution in [3.8, 4) is 11.3 Å². The summed E-state index contributed by atoms with van der Waals surface area (Å²) < 4.78 is 1.93. The Balaban J connectivity index is 1.89. The van der Waals surface area contributed by atoms with Crippen LogP contribution in [0.5, 0.6) is 0 Å². The number of anilines is 1. The number of aryl methyl sites for hydroxylation is 1. The molecule has 2 aliphatic rings. The van der Waals surface area contributed by atoms with Crippen LogP contribution in [0.15, 0.2) is 24.5 Å². The van der Waals surface area contributed by atoms with E-state index < -0.39 is 0 Å². The topological polar surface area (TPSA) is 59.8 Å². The molecule has 1 fully saturated rings. The number of aromatic nitrogens is 3. The highest BCUT2D eigenvalue weighted by Gasteiger charge is 2.34. The van der Waals surface area contributed by atoms with Crippen molar-refractivity contribution in [2.24, 2.45) is 0 Å². The van der Waals surface area contributed by atoms with Crippen LogP contribution in [0.4, 0.5) is 5.82 Å². The third-order valence-corrected chi connectivity index (χ3v) is 3.72. The van der Waals surface area contributed by atoms with Gasteiger partial charge in [0.15, 0.2) is 0 Å². The summed E-state index contributed by atoms with van der Waals surface area (Å²) in [5, 5.41) is 7.66. The Morgan fingerprint density at radius 2 is 2.26 bits per heavy atom. The third kappa shape index (κ3) is 1.73. The number of pyridine rings is 1. The number of fused-ring (bicyclic) bond motifs is 1. The minimum atomic E-state index is 0.0898. The predicted molar refractivity (Wildman–Crippen MR) is 70.7 cm³/mol. The van der Waals surface area contributed by atoms with Gasteiger partial charge in [0, 0.05) is 29.9 Å². The Labute approximate surface area is 110 Å². The second-order valence-electron chi connectivity index (χ2n) is 5.15. The summed E-state index contributed by atoms with van der Waals surface area (Å²) in [6, 6.07) is 3.94. The van der Waals surface area contributed by atoms with Crippen LogP contribution in [0.25, 0.3) is 11.3 Å². The molecule has 5 heteroatoms. The van der Waals surface area contributed by atoms with Gasteiger partial charge in [-0.1, -0.05) is 0 Å². The zero-order valence-corrected chi connectivity index (χ0v) is 10.5. The van der Waals surface area contributed by atoms with Crippen LogP contribution in [-0.2, 0) is 11.3 Å². The van der Waals surface area contributed by atoms with Gasteiger partial charge in [-0.05, 0) is 30.9 Å². The molecule has 96 valence electrons. The average molecular weight is 254 g/mol. The van der Waals surface area contributed by atoms with Crippen molar-refractivity contribution in [3.05, 3.63) is 30.1 Å². The van der Waals surface area contributed by atoms with Crippen LogP contribution in [0.1, 0.15) is 30.7 Å². The second kappa shape index (κ2) is 3.91. The molecular formula is C14H14N4O. The van der Waals surface area contributed by atoms with Gasteiger partial charge >= 0.3 is 0 Å². The zero-order valence-electron chi connectivity index (χ0n) is 10.5. The Morgan fingerprint density at radius 3 is 3.00 bits per heavy atom. The van der Waals surface area contributed by atoms with E-state index in [9.17, 15) is 4.79 Å². The largest absolute Gasteiger partial charge is 0.311 e. The highest BCUT2D eigenvalue weighted by Crippen LogP contribution is 2.48. The van der Waals surface area contributed by atoms with Gasteiger partial charge in [0.25, 0.3) is 0 Å². The molecule has 3 heterocycles. The molecule has 0 unspecified atom stereocenters. The molecule has 0 bridgehead atoms. The van der Waals surface area contributed by atoms with Crippen LogP contribution in [0.3, 0.4) is 0 Å². The first-order chi connectivity index (χ1) is 9.33. The average Bonchev–Trinajstić information content (AvgIpc) is 3.21. The highest BCUT2D eigenvalue weighted by atomic mass is 16.1. The summed E-state index contributed by atoms with van der Waals surface area (Å²) in [6.45, 7) is 0.668. The number of nitrogens with one attached hydrogen (secondary N) is 1. The molecule has 0 radical (unpaired) electrons. The molecule has 0 aromatic carbocycles. The van der Waals surface area contributed by atoms with E-state index in [1.807, 2.05) is 23.0 Å². The molecule has 1 amide bonds. The quantitative estimate of drug-likeness (QED) is 0.893. The standard InChI is InChI=1S/C14H14N4O/c19-11-5-7-18-14(16-11)12(9-3-4-9)13(17-18)10-2-1-6-15-8-10/h1-2,6,8-9H,3-5,7H2,(H,16,19). The van der Waals surface area contributed by atoms with Crippen LogP contribution in [0.2, 0.25) is 0 Å². The molecular weight excluding hydrogens is 240 g/mol. The number of hydrogen-bond acceptors (Lipinski definition) is 3.